The lowest BCUT2D eigenvalue weighted by Crippen LogP contribution is -2.32. The Hall–Kier alpha value is 0.0300. The van der Waals surface area contributed by atoms with E-state index in [2.05, 4.69) is 23.5 Å². The number of likely N-dealkylation sites (N-methyl/N-ethyl adjacent to an activating group) is 1. The van der Waals surface area contributed by atoms with Gasteiger partial charge in [0.25, 0.3) is 0 Å². The van der Waals surface area contributed by atoms with Crippen molar-refractivity contribution in [3.63, 3.8) is 0 Å². The Labute approximate surface area is 70.4 Å². The molecule has 0 aromatic carbocycles. The molecule has 68 valence electrons. The molecule has 0 aliphatic heterocycles. The zero-order valence-electron chi connectivity index (χ0n) is 7.00. The average molecular weight is 179 g/mol. The Bertz CT molecular complexity index is 117. The number of hydrogen-bond acceptors (Lipinski definition) is 3. The summed E-state index contributed by atoms with van der Waals surface area (Å²) in [4.78, 5) is 2.15. The molecule has 0 radical (unpaired) electrons. The fourth-order valence-corrected chi connectivity index (χ4v) is 1.08. The number of nitrogens with one attached hydrogen (secondary N) is 1. The first kappa shape index (κ1) is 11.0. The highest BCUT2D eigenvalue weighted by atomic mass is 32.2. The van der Waals surface area contributed by atoms with Crippen molar-refractivity contribution >= 4 is 11.3 Å². The van der Waals surface area contributed by atoms with Gasteiger partial charge in [-0.3, -0.25) is 4.21 Å². The summed E-state index contributed by atoms with van der Waals surface area (Å²) >= 11 is -2.11. The summed E-state index contributed by atoms with van der Waals surface area (Å²) in [6.07, 6.45) is 0. The molecule has 0 saturated carbocycles. The standard InChI is InChI=1S/C6H16N2O2S/c1-3-8(4-2)6-5-7-11(9)10/h7H,3-6H2,1-2H3,(H,9,10)/p-1. The normalized spacial score (nSPS) is 13.8. The molecule has 1 N–H and O–H groups in total. The fraction of sp³-hybridized carbons (Fsp3) is 1.00. The summed E-state index contributed by atoms with van der Waals surface area (Å²) in [5, 5.41) is 0. The van der Waals surface area contributed by atoms with Crippen molar-refractivity contribution in [3.8, 4) is 0 Å². The molecule has 0 heterocycles. The van der Waals surface area contributed by atoms with E-state index in [-0.39, 0.29) is 0 Å². The summed E-state index contributed by atoms with van der Waals surface area (Å²) in [6.45, 7) is 7.31. The molecular weight excluding hydrogens is 164 g/mol. The van der Waals surface area contributed by atoms with Gasteiger partial charge >= 0.3 is 0 Å². The van der Waals surface area contributed by atoms with Crippen LogP contribution < -0.4 is 4.72 Å². The highest BCUT2D eigenvalue weighted by molar-refractivity contribution is 7.77. The van der Waals surface area contributed by atoms with Gasteiger partial charge < -0.3 is 9.45 Å². The van der Waals surface area contributed by atoms with Crippen LogP contribution in [0.1, 0.15) is 13.8 Å². The monoisotopic (exact) mass is 179 g/mol. The SMILES string of the molecule is CCN(CC)CCNS(=O)[O-]. The molecule has 1 unspecified atom stereocenters. The van der Waals surface area contributed by atoms with Gasteiger partial charge in [-0.25, -0.2) is 4.72 Å². The molecule has 0 fully saturated rings. The molecule has 11 heavy (non-hydrogen) atoms. The fourth-order valence-electron chi connectivity index (χ4n) is 0.827. The highest BCUT2D eigenvalue weighted by Crippen LogP contribution is 1.83. The lowest BCUT2D eigenvalue weighted by molar-refractivity contribution is 0.308. The summed E-state index contributed by atoms with van der Waals surface area (Å²) in [5.74, 6) is 0. The second-order valence-corrected chi connectivity index (χ2v) is 2.91. The molecular formula is C6H15N2O2S-. The third kappa shape index (κ3) is 6.43. The van der Waals surface area contributed by atoms with Crippen LogP contribution in [-0.4, -0.2) is 39.8 Å². The van der Waals surface area contributed by atoms with Crippen LogP contribution in [0.15, 0.2) is 0 Å². The van der Waals surface area contributed by atoms with Crippen LogP contribution >= 0.6 is 0 Å². The maximum Gasteiger partial charge on any atom is 0.0199 e. The largest absolute Gasteiger partial charge is 0.760 e. The molecule has 0 aromatic heterocycles. The van der Waals surface area contributed by atoms with Crippen LogP contribution in [0, 0.1) is 0 Å². The topological polar surface area (TPSA) is 55.4 Å². The van der Waals surface area contributed by atoms with E-state index in [1.165, 1.54) is 0 Å². The van der Waals surface area contributed by atoms with Gasteiger partial charge in [0, 0.05) is 24.4 Å². The second kappa shape index (κ2) is 6.72. The number of rotatable bonds is 6. The first-order chi connectivity index (χ1) is 5.20. The molecule has 0 spiro atoms. The maximum atomic E-state index is 10.0. The van der Waals surface area contributed by atoms with Gasteiger partial charge in [-0.15, -0.1) is 0 Å². The van der Waals surface area contributed by atoms with Crippen molar-refractivity contribution in [1.82, 2.24) is 9.62 Å². The minimum atomic E-state index is -2.11. The Morgan fingerprint density at radius 2 is 2.00 bits per heavy atom. The maximum absolute atomic E-state index is 10.0. The van der Waals surface area contributed by atoms with Crippen LogP contribution in [-0.2, 0) is 11.3 Å². The van der Waals surface area contributed by atoms with Gasteiger partial charge in [-0.05, 0) is 13.1 Å². The first-order valence-corrected chi connectivity index (χ1v) is 4.83. The Morgan fingerprint density at radius 3 is 2.36 bits per heavy atom. The van der Waals surface area contributed by atoms with E-state index < -0.39 is 11.3 Å². The van der Waals surface area contributed by atoms with Crippen LogP contribution in [0.5, 0.6) is 0 Å². The van der Waals surface area contributed by atoms with Crippen molar-refractivity contribution in [3.05, 3.63) is 0 Å². The van der Waals surface area contributed by atoms with Crippen molar-refractivity contribution in [2.75, 3.05) is 26.2 Å². The molecule has 0 rings (SSSR count). The van der Waals surface area contributed by atoms with Crippen molar-refractivity contribution in [2.45, 2.75) is 13.8 Å². The van der Waals surface area contributed by atoms with E-state index in [0.29, 0.717) is 6.54 Å². The third-order valence-electron chi connectivity index (χ3n) is 1.54. The summed E-state index contributed by atoms with van der Waals surface area (Å²) in [5.41, 5.74) is 0. The van der Waals surface area contributed by atoms with Gasteiger partial charge in [-0.2, -0.15) is 0 Å². The zero-order chi connectivity index (χ0) is 8.69. The van der Waals surface area contributed by atoms with Crippen LogP contribution in [0.2, 0.25) is 0 Å². The van der Waals surface area contributed by atoms with Gasteiger partial charge in [0.05, 0.1) is 0 Å². The van der Waals surface area contributed by atoms with Crippen molar-refractivity contribution < 1.29 is 8.76 Å². The van der Waals surface area contributed by atoms with Crippen molar-refractivity contribution in [1.29, 1.82) is 0 Å². The van der Waals surface area contributed by atoms with E-state index in [4.69, 9.17) is 0 Å². The summed E-state index contributed by atoms with van der Waals surface area (Å²) < 4.78 is 22.4. The molecule has 0 saturated heterocycles. The molecule has 0 aliphatic rings. The molecule has 4 nitrogen and oxygen atoms in total. The Morgan fingerprint density at radius 1 is 1.45 bits per heavy atom. The van der Waals surface area contributed by atoms with E-state index in [1.807, 2.05) is 0 Å². The quantitative estimate of drug-likeness (QED) is 0.570. The molecule has 5 heteroatoms. The van der Waals surface area contributed by atoms with E-state index in [1.54, 1.807) is 0 Å². The smallest absolute Gasteiger partial charge is 0.0199 e. The zero-order valence-corrected chi connectivity index (χ0v) is 7.82. The minimum Gasteiger partial charge on any atom is -0.760 e. The van der Waals surface area contributed by atoms with Gasteiger partial charge in [0.2, 0.25) is 0 Å². The number of hydrogen-bond donors (Lipinski definition) is 1. The van der Waals surface area contributed by atoms with E-state index in [9.17, 15) is 8.76 Å². The predicted octanol–water partition coefficient (Wildman–Crippen LogP) is -0.288. The highest BCUT2D eigenvalue weighted by Gasteiger charge is 1.96. The molecule has 0 aromatic rings. The first-order valence-electron chi connectivity index (χ1n) is 3.75. The van der Waals surface area contributed by atoms with Crippen LogP contribution in [0.25, 0.3) is 0 Å². The summed E-state index contributed by atoms with van der Waals surface area (Å²) in [6, 6.07) is 0. The van der Waals surface area contributed by atoms with E-state index in [0.717, 1.165) is 19.6 Å². The lowest BCUT2D eigenvalue weighted by atomic mass is 10.5. The molecule has 1 atom stereocenters. The third-order valence-corrected chi connectivity index (χ3v) is 1.98. The molecule has 0 bridgehead atoms. The van der Waals surface area contributed by atoms with E-state index >= 15 is 0 Å². The van der Waals surface area contributed by atoms with Gasteiger partial charge in [-0.1, -0.05) is 13.8 Å². The second-order valence-electron chi connectivity index (χ2n) is 2.16. The average Bonchev–Trinajstić information content (AvgIpc) is 1.98. The molecule has 0 amide bonds. The van der Waals surface area contributed by atoms with Crippen LogP contribution in [0.4, 0.5) is 0 Å². The van der Waals surface area contributed by atoms with Gasteiger partial charge in [0.1, 0.15) is 0 Å². The minimum absolute atomic E-state index is 0.498. The number of nitrogens with zero attached hydrogens (tertiary/aromatic N) is 1. The van der Waals surface area contributed by atoms with Crippen LogP contribution in [0.3, 0.4) is 0 Å². The predicted molar refractivity (Wildman–Crippen MR) is 44.7 cm³/mol. The summed E-state index contributed by atoms with van der Waals surface area (Å²) in [7, 11) is 0. The van der Waals surface area contributed by atoms with Crippen molar-refractivity contribution in [2.24, 2.45) is 0 Å². The Kier molecular flexibility index (Phi) is 6.74. The Balaban J connectivity index is 3.28. The lowest BCUT2D eigenvalue weighted by Gasteiger charge is -2.18. The molecule has 0 aliphatic carbocycles. The van der Waals surface area contributed by atoms with Gasteiger partial charge in [0.15, 0.2) is 0 Å².